The van der Waals surface area contributed by atoms with Crippen LogP contribution in [0.5, 0.6) is 0 Å². The number of carbonyl (C=O) groups excluding carboxylic acids is 2. The Morgan fingerprint density at radius 1 is 1.29 bits per heavy atom. The van der Waals surface area contributed by atoms with Crippen molar-refractivity contribution in [2.45, 2.75) is 25.8 Å². The second-order valence-corrected chi connectivity index (χ2v) is 7.75. The summed E-state index contributed by atoms with van der Waals surface area (Å²) in [5.41, 5.74) is 0.386. The summed E-state index contributed by atoms with van der Waals surface area (Å²) in [5.74, 6) is -0.509. The first-order valence-electron chi connectivity index (χ1n) is 7.42. The van der Waals surface area contributed by atoms with Crippen LogP contribution in [0, 0.1) is 6.92 Å². The Kier molecular flexibility index (Phi) is 5.08. The Bertz CT molecular complexity index is 769. The van der Waals surface area contributed by atoms with Gasteiger partial charge >= 0.3 is 0 Å². The third-order valence-corrected chi connectivity index (χ3v) is 4.80. The van der Waals surface area contributed by atoms with Gasteiger partial charge in [-0.05, 0) is 38.0 Å². The lowest BCUT2D eigenvalue weighted by Crippen LogP contribution is -2.39. The molecule has 3 rings (SSSR count). The summed E-state index contributed by atoms with van der Waals surface area (Å²) in [6.45, 7) is 1.89. The smallest absolute Gasteiger partial charge is 0.254 e. The summed E-state index contributed by atoms with van der Waals surface area (Å²) in [6.07, 6.45) is 3.48. The Hall–Kier alpha value is -1.63. The summed E-state index contributed by atoms with van der Waals surface area (Å²) < 4.78 is 0. The van der Waals surface area contributed by atoms with E-state index < -0.39 is 0 Å². The fourth-order valence-electron chi connectivity index (χ4n) is 2.32. The highest BCUT2D eigenvalue weighted by molar-refractivity contribution is 7.15. The van der Waals surface area contributed by atoms with Gasteiger partial charge in [-0.3, -0.25) is 9.59 Å². The van der Waals surface area contributed by atoms with E-state index in [2.05, 4.69) is 10.3 Å². The lowest BCUT2D eigenvalue weighted by molar-refractivity contribution is -0.117. The van der Waals surface area contributed by atoms with E-state index >= 15 is 0 Å². The zero-order chi connectivity index (χ0) is 17.3. The van der Waals surface area contributed by atoms with Gasteiger partial charge in [-0.25, -0.2) is 4.98 Å². The minimum atomic E-state index is -0.266. The SMILES string of the molecule is Cc1cnc(NC(=O)CN(C(=O)c2cc(Cl)cc(Cl)c2)C2CC2)s1. The number of rotatable bonds is 5. The van der Waals surface area contributed by atoms with E-state index in [0.29, 0.717) is 20.7 Å². The lowest BCUT2D eigenvalue weighted by atomic mass is 10.2. The van der Waals surface area contributed by atoms with Gasteiger partial charge in [0.2, 0.25) is 5.91 Å². The number of thiazole rings is 1. The highest BCUT2D eigenvalue weighted by Crippen LogP contribution is 2.29. The first-order chi connectivity index (χ1) is 11.4. The van der Waals surface area contributed by atoms with Crippen LogP contribution in [0.15, 0.2) is 24.4 Å². The Balaban J connectivity index is 1.72. The van der Waals surface area contributed by atoms with Crippen molar-refractivity contribution in [3.63, 3.8) is 0 Å². The Morgan fingerprint density at radius 2 is 1.96 bits per heavy atom. The third-order valence-electron chi connectivity index (χ3n) is 3.54. The minimum absolute atomic E-state index is 0.0216. The maximum atomic E-state index is 12.7. The summed E-state index contributed by atoms with van der Waals surface area (Å²) in [6, 6.07) is 4.78. The van der Waals surface area contributed by atoms with Gasteiger partial charge in [0.25, 0.3) is 5.91 Å². The molecule has 1 N–H and O–H groups in total. The molecule has 1 saturated carbocycles. The van der Waals surface area contributed by atoms with Crippen LogP contribution >= 0.6 is 34.5 Å². The van der Waals surface area contributed by atoms with Crippen LogP contribution in [0.4, 0.5) is 5.13 Å². The van der Waals surface area contributed by atoms with E-state index in [1.54, 1.807) is 29.3 Å². The second kappa shape index (κ2) is 7.09. The Labute approximate surface area is 153 Å². The molecule has 126 valence electrons. The van der Waals surface area contributed by atoms with Gasteiger partial charge in [0.15, 0.2) is 5.13 Å². The molecule has 24 heavy (non-hydrogen) atoms. The molecule has 5 nitrogen and oxygen atoms in total. The van der Waals surface area contributed by atoms with Gasteiger partial charge in [0.05, 0.1) is 0 Å². The molecule has 0 bridgehead atoms. The van der Waals surface area contributed by atoms with Crippen LogP contribution in [0.1, 0.15) is 28.1 Å². The molecule has 1 aromatic heterocycles. The van der Waals surface area contributed by atoms with Gasteiger partial charge in [0.1, 0.15) is 6.54 Å². The number of benzene rings is 1. The third kappa shape index (κ3) is 4.26. The van der Waals surface area contributed by atoms with Crippen LogP contribution in [0.3, 0.4) is 0 Å². The van der Waals surface area contributed by atoms with Crippen molar-refractivity contribution < 1.29 is 9.59 Å². The van der Waals surface area contributed by atoms with Gasteiger partial charge < -0.3 is 10.2 Å². The molecule has 0 aliphatic heterocycles. The lowest BCUT2D eigenvalue weighted by Gasteiger charge is -2.22. The van der Waals surface area contributed by atoms with Gasteiger partial charge in [0, 0.05) is 32.7 Å². The molecule has 0 saturated heterocycles. The number of nitrogens with one attached hydrogen (secondary N) is 1. The van der Waals surface area contributed by atoms with Crippen LogP contribution in [0.2, 0.25) is 10.0 Å². The molecule has 0 unspecified atom stereocenters. The van der Waals surface area contributed by atoms with E-state index in [1.165, 1.54) is 11.3 Å². The largest absolute Gasteiger partial charge is 0.326 e. The van der Waals surface area contributed by atoms with Gasteiger partial charge in [-0.15, -0.1) is 11.3 Å². The zero-order valence-corrected chi connectivity index (χ0v) is 15.2. The Morgan fingerprint density at radius 3 is 2.50 bits per heavy atom. The van der Waals surface area contributed by atoms with E-state index in [4.69, 9.17) is 23.2 Å². The average Bonchev–Trinajstić information content (AvgIpc) is 3.26. The molecule has 8 heteroatoms. The number of carbonyl (C=O) groups is 2. The molecule has 1 fully saturated rings. The average molecular weight is 384 g/mol. The molecule has 2 amide bonds. The summed E-state index contributed by atoms with van der Waals surface area (Å²) in [7, 11) is 0. The first kappa shape index (κ1) is 17.2. The fourth-order valence-corrected chi connectivity index (χ4v) is 3.53. The van der Waals surface area contributed by atoms with Crippen LogP contribution in [-0.4, -0.2) is 34.3 Å². The number of nitrogens with zero attached hydrogens (tertiary/aromatic N) is 2. The first-order valence-corrected chi connectivity index (χ1v) is 8.99. The monoisotopic (exact) mass is 383 g/mol. The van der Waals surface area contributed by atoms with E-state index in [-0.39, 0.29) is 24.4 Å². The molecule has 0 atom stereocenters. The van der Waals surface area contributed by atoms with Gasteiger partial charge in [-0.2, -0.15) is 0 Å². The number of aryl methyl sites for hydroxylation is 1. The van der Waals surface area contributed by atoms with Crippen molar-refractivity contribution in [2.24, 2.45) is 0 Å². The van der Waals surface area contributed by atoms with E-state index in [0.717, 1.165) is 17.7 Å². The number of halogens is 2. The molecular weight excluding hydrogens is 369 g/mol. The molecule has 1 aliphatic carbocycles. The standard InChI is InChI=1S/C16H15Cl2N3O2S/c1-9-7-19-16(24-9)20-14(22)8-21(13-2-3-13)15(23)10-4-11(17)6-12(18)5-10/h4-7,13H,2-3,8H2,1H3,(H,19,20,22). The summed E-state index contributed by atoms with van der Waals surface area (Å²) >= 11 is 13.3. The number of anilines is 1. The number of amides is 2. The normalized spacial score (nSPS) is 13.6. The molecule has 0 radical (unpaired) electrons. The fraction of sp³-hybridized carbons (Fsp3) is 0.312. The van der Waals surface area contributed by atoms with Crippen LogP contribution in [-0.2, 0) is 4.79 Å². The number of hydrogen-bond acceptors (Lipinski definition) is 4. The van der Waals surface area contributed by atoms with Crippen molar-refractivity contribution in [1.82, 2.24) is 9.88 Å². The van der Waals surface area contributed by atoms with E-state index in [9.17, 15) is 9.59 Å². The highest BCUT2D eigenvalue weighted by Gasteiger charge is 2.34. The number of hydrogen-bond donors (Lipinski definition) is 1. The second-order valence-electron chi connectivity index (χ2n) is 5.65. The summed E-state index contributed by atoms with van der Waals surface area (Å²) in [5, 5.41) is 4.05. The van der Waals surface area contributed by atoms with Crippen molar-refractivity contribution in [3.05, 3.63) is 44.9 Å². The van der Waals surface area contributed by atoms with Crippen LogP contribution in [0.25, 0.3) is 0 Å². The van der Waals surface area contributed by atoms with Crippen LogP contribution < -0.4 is 5.32 Å². The minimum Gasteiger partial charge on any atom is -0.326 e. The van der Waals surface area contributed by atoms with Crippen molar-refractivity contribution in [1.29, 1.82) is 0 Å². The predicted molar refractivity (Wildman–Crippen MR) is 96.0 cm³/mol. The van der Waals surface area contributed by atoms with Crippen molar-refractivity contribution in [3.8, 4) is 0 Å². The van der Waals surface area contributed by atoms with E-state index in [1.807, 2.05) is 6.92 Å². The number of aromatic nitrogens is 1. The topological polar surface area (TPSA) is 62.3 Å². The molecule has 1 aromatic carbocycles. The molecule has 0 spiro atoms. The van der Waals surface area contributed by atoms with Gasteiger partial charge in [-0.1, -0.05) is 23.2 Å². The van der Waals surface area contributed by atoms with Crippen molar-refractivity contribution >= 4 is 51.5 Å². The van der Waals surface area contributed by atoms with Crippen molar-refractivity contribution in [2.75, 3.05) is 11.9 Å². The maximum Gasteiger partial charge on any atom is 0.254 e. The quantitative estimate of drug-likeness (QED) is 0.848. The zero-order valence-electron chi connectivity index (χ0n) is 12.9. The predicted octanol–water partition coefficient (Wildman–Crippen LogP) is 4.00. The molecule has 2 aromatic rings. The molecule has 1 heterocycles. The molecular formula is C16H15Cl2N3O2S. The maximum absolute atomic E-state index is 12.7. The highest BCUT2D eigenvalue weighted by atomic mass is 35.5. The summed E-state index contributed by atoms with van der Waals surface area (Å²) in [4.78, 5) is 31.7. The molecule has 1 aliphatic rings.